The summed E-state index contributed by atoms with van der Waals surface area (Å²) in [7, 11) is 0. The topological polar surface area (TPSA) is 3.24 Å². The minimum absolute atomic E-state index is 1.12. The second-order valence-electron chi connectivity index (χ2n) is 13.0. The predicted octanol–water partition coefficient (Wildman–Crippen LogP) is 13.7. The zero-order chi connectivity index (χ0) is 32.3. The van der Waals surface area contributed by atoms with Crippen LogP contribution in [0.2, 0.25) is 0 Å². The van der Waals surface area contributed by atoms with E-state index in [1.165, 1.54) is 75.8 Å². The van der Waals surface area contributed by atoms with Gasteiger partial charge in [-0.05, 0) is 118 Å². The smallest absolute Gasteiger partial charge is 0.0468 e. The second-order valence-corrected chi connectivity index (χ2v) is 13.0. The van der Waals surface area contributed by atoms with Crippen molar-refractivity contribution in [2.45, 2.75) is 0 Å². The molecule has 1 heteroatoms. The average Bonchev–Trinajstić information content (AvgIpc) is 3.18. The van der Waals surface area contributed by atoms with Crippen LogP contribution in [-0.2, 0) is 0 Å². The molecule has 0 spiro atoms. The average molecular weight is 622 g/mol. The van der Waals surface area contributed by atoms with E-state index in [1.807, 2.05) is 0 Å². The Labute approximate surface area is 284 Å². The minimum atomic E-state index is 1.12. The van der Waals surface area contributed by atoms with Crippen molar-refractivity contribution in [1.29, 1.82) is 0 Å². The van der Waals surface area contributed by atoms with Crippen LogP contribution < -0.4 is 4.90 Å². The molecule has 0 fully saturated rings. The quantitative estimate of drug-likeness (QED) is 0.177. The highest BCUT2D eigenvalue weighted by molar-refractivity contribution is 6.26. The molecule has 0 saturated carbocycles. The Kier molecular flexibility index (Phi) is 6.25. The molecule has 0 atom stereocenters. The molecule has 0 amide bonds. The van der Waals surface area contributed by atoms with Crippen LogP contribution in [0, 0.1) is 0 Å². The number of benzene rings is 10. The van der Waals surface area contributed by atoms with Gasteiger partial charge in [0.15, 0.2) is 0 Å². The van der Waals surface area contributed by atoms with Gasteiger partial charge in [-0.2, -0.15) is 0 Å². The molecule has 10 rings (SSSR count). The van der Waals surface area contributed by atoms with E-state index in [2.05, 4.69) is 193 Å². The van der Waals surface area contributed by atoms with E-state index in [-0.39, 0.29) is 0 Å². The Bertz CT molecular complexity index is 2860. The SMILES string of the molecule is c1cc(-c2ccc3ccccc3c2)cc(N(c2ccc3ccc4ccccc4c3c2)c2ccc3c4ccccc4c4ccccc4c3c2)c1. The van der Waals surface area contributed by atoms with Crippen molar-refractivity contribution in [2.75, 3.05) is 4.90 Å². The number of hydrogen-bond donors (Lipinski definition) is 0. The normalized spacial score (nSPS) is 11.7. The van der Waals surface area contributed by atoms with Crippen LogP contribution in [-0.4, -0.2) is 0 Å². The fourth-order valence-electron chi connectivity index (χ4n) is 7.80. The first-order valence-electron chi connectivity index (χ1n) is 16.9. The number of hydrogen-bond acceptors (Lipinski definition) is 1. The maximum atomic E-state index is 2.43. The third-order valence-electron chi connectivity index (χ3n) is 10.2. The van der Waals surface area contributed by atoms with Gasteiger partial charge in [0.2, 0.25) is 0 Å². The summed E-state index contributed by atoms with van der Waals surface area (Å²) in [4.78, 5) is 2.43. The Morgan fingerprint density at radius 3 is 1.43 bits per heavy atom. The van der Waals surface area contributed by atoms with E-state index >= 15 is 0 Å². The van der Waals surface area contributed by atoms with Gasteiger partial charge in [-0.25, -0.2) is 0 Å². The summed E-state index contributed by atoms with van der Waals surface area (Å²) in [5, 5.41) is 15.2. The Morgan fingerprint density at radius 2 is 0.694 bits per heavy atom. The van der Waals surface area contributed by atoms with Crippen molar-refractivity contribution in [3.63, 3.8) is 0 Å². The highest BCUT2D eigenvalue weighted by atomic mass is 15.1. The van der Waals surface area contributed by atoms with Crippen LogP contribution in [0.3, 0.4) is 0 Å². The summed E-state index contributed by atoms with van der Waals surface area (Å²) in [5.74, 6) is 0. The van der Waals surface area contributed by atoms with E-state index in [4.69, 9.17) is 0 Å². The third-order valence-corrected chi connectivity index (χ3v) is 10.2. The van der Waals surface area contributed by atoms with Crippen molar-refractivity contribution in [2.24, 2.45) is 0 Å². The lowest BCUT2D eigenvalue weighted by Crippen LogP contribution is -2.10. The zero-order valence-electron chi connectivity index (χ0n) is 26.8. The Hall–Kier alpha value is -6.44. The van der Waals surface area contributed by atoms with Crippen LogP contribution in [0.25, 0.3) is 75.8 Å². The van der Waals surface area contributed by atoms with Crippen LogP contribution in [0.4, 0.5) is 17.1 Å². The number of anilines is 3. The first-order valence-corrected chi connectivity index (χ1v) is 16.9. The zero-order valence-corrected chi connectivity index (χ0v) is 26.8. The molecule has 0 N–H and O–H groups in total. The van der Waals surface area contributed by atoms with Gasteiger partial charge in [-0.15, -0.1) is 0 Å². The highest BCUT2D eigenvalue weighted by Gasteiger charge is 2.17. The number of nitrogens with zero attached hydrogens (tertiary/aromatic N) is 1. The molecule has 0 unspecified atom stereocenters. The van der Waals surface area contributed by atoms with Crippen LogP contribution >= 0.6 is 0 Å². The molecule has 1 nitrogen and oxygen atoms in total. The molecule has 0 bridgehead atoms. The third kappa shape index (κ3) is 4.55. The van der Waals surface area contributed by atoms with Crippen LogP contribution in [0.1, 0.15) is 0 Å². The van der Waals surface area contributed by atoms with Crippen molar-refractivity contribution < 1.29 is 0 Å². The maximum Gasteiger partial charge on any atom is 0.0468 e. The van der Waals surface area contributed by atoms with Crippen molar-refractivity contribution in [3.05, 3.63) is 188 Å². The van der Waals surface area contributed by atoms with Crippen molar-refractivity contribution in [3.8, 4) is 11.1 Å². The summed E-state index contributed by atoms with van der Waals surface area (Å²) < 4.78 is 0. The lowest BCUT2D eigenvalue weighted by atomic mass is 9.94. The van der Waals surface area contributed by atoms with E-state index in [9.17, 15) is 0 Å². The number of rotatable bonds is 4. The Morgan fingerprint density at radius 1 is 0.224 bits per heavy atom. The molecule has 49 heavy (non-hydrogen) atoms. The molecular formula is C48H31N. The predicted molar refractivity (Wildman–Crippen MR) is 212 cm³/mol. The molecular weight excluding hydrogens is 591 g/mol. The first kappa shape index (κ1) is 27.7. The summed E-state index contributed by atoms with van der Waals surface area (Å²) >= 11 is 0. The first-order chi connectivity index (χ1) is 24.3. The molecule has 0 saturated heterocycles. The maximum absolute atomic E-state index is 2.43. The van der Waals surface area contributed by atoms with E-state index < -0.39 is 0 Å². The van der Waals surface area contributed by atoms with Crippen LogP contribution in [0.15, 0.2) is 188 Å². The largest absolute Gasteiger partial charge is 0.310 e. The summed E-state index contributed by atoms with van der Waals surface area (Å²) in [5.41, 5.74) is 5.78. The van der Waals surface area contributed by atoms with Gasteiger partial charge >= 0.3 is 0 Å². The van der Waals surface area contributed by atoms with Gasteiger partial charge in [0.05, 0.1) is 0 Å². The van der Waals surface area contributed by atoms with E-state index in [1.54, 1.807) is 0 Å². The molecule has 0 aliphatic heterocycles. The highest BCUT2D eigenvalue weighted by Crippen LogP contribution is 2.43. The monoisotopic (exact) mass is 621 g/mol. The molecule has 0 radical (unpaired) electrons. The minimum Gasteiger partial charge on any atom is -0.310 e. The summed E-state index contributed by atoms with van der Waals surface area (Å²) in [6.45, 7) is 0. The molecule has 0 aliphatic carbocycles. The van der Waals surface area contributed by atoms with E-state index in [0.29, 0.717) is 0 Å². The molecule has 0 heterocycles. The Balaban J connectivity index is 1.23. The molecule has 0 aliphatic rings. The van der Waals surface area contributed by atoms with Crippen molar-refractivity contribution in [1.82, 2.24) is 0 Å². The summed E-state index contributed by atoms with van der Waals surface area (Å²) in [6, 6.07) is 69.0. The van der Waals surface area contributed by atoms with Gasteiger partial charge in [0.25, 0.3) is 0 Å². The van der Waals surface area contributed by atoms with Crippen molar-refractivity contribution >= 4 is 81.7 Å². The lowest BCUT2D eigenvalue weighted by Gasteiger charge is -2.27. The fourth-order valence-corrected chi connectivity index (χ4v) is 7.80. The van der Waals surface area contributed by atoms with Gasteiger partial charge in [-0.3, -0.25) is 0 Å². The number of fused-ring (bicyclic) bond motifs is 10. The summed E-state index contributed by atoms with van der Waals surface area (Å²) in [6.07, 6.45) is 0. The molecule has 228 valence electrons. The van der Waals surface area contributed by atoms with Gasteiger partial charge in [-0.1, -0.05) is 146 Å². The molecule has 10 aromatic rings. The second kappa shape index (κ2) is 11.1. The van der Waals surface area contributed by atoms with Gasteiger partial charge < -0.3 is 4.90 Å². The molecule has 10 aromatic carbocycles. The van der Waals surface area contributed by atoms with Gasteiger partial charge in [0, 0.05) is 17.1 Å². The lowest BCUT2D eigenvalue weighted by molar-refractivity contribution is 1.30. The van der Waals surface area contributed by atoms with Gasteiger partial charge in [0.1, 0.15) is 0 Å². The fraction of sp³-hybridized carbons (Fsp3) is 0. The standard InChI is InChI=1S/C48H31N/c1-2-12-35-28-37(23-20-32(35)10-1)36-13-9-14-38(29-36)49(39-25-24-34-22-21-33-11-3-4-15-41(33)47(34)30-39)40-26-27-46-44-18-6-5-16-42(44)43-17-7-8-19-45(43)48(46)31-40/h1-31H. The van der Waals surface area contributed by atoms with E-state index in [0.717, 1.165) is 17.1 Å². The van der Waals surface area contributed by atoms with Crippen LogP contribution in [0.5, 0.6) is 0 Å². The molecule has 0 aromatic heterocycles.